The number of carbonyl (C=O) groups excluding carboxylic acids is 3. The Kier molecular flexibility index (Phi) is 5.20. The van der Waals surface area contributed by atoms with Crippen LogP contribution < -0.4 is 9.47 Å². The Morgan fingerprint density at radius 2 is 1.90 bits per heavy atom. The van der Waals surface area contributed by atoms with Crippen molar-refractivity contribution in [2.75, 3.05) is 19.9 Å². The number of esters is 1. The Hall–Kier alpha value is -3.35. The van der Waals surface area contributed by atoms with Gasteiger partial charge in [0.05, 0.1) is 12.0 Å². The van der Waals surface area contributed by atoms with Gasteiger partial charge in [0.1, 0.15) is 0 Å². The quantitative estimate of drug-likeness (QED) is 0.553. The third-order valence-electron chi connectivity index (χ3n) is 5.28. The number of Topliss-reactive ketones (excluding diaryl/α,β-unsaturated/α-hetero) is 1. The second kappa shape index (κ2) is 7.95. The summed E-state index contributed by atoms with van der Waals surface area (Å²) >= 11 is 0. The lowest BCUT2D eigenvalue weighted by Gasteiger charge is -2.25. The van der Waals surface area contributed by atoms with Crippen molar-refractivity contribution in [2.24, 2.45) is 5.92 Å². The Morgan fingerprint density at radius 1 is 1.14 bits per heavy atom. The van der Waals surface area contributed by atoms with Gasteiger partial charge in [-0.2, -0.15) is 0 Å². The summed E-state index contributed by atoms with van der Waals surface area (Å²) < 4.78 is 15.7. The third-order valence-corrected chi connectivity index (χ3v) is 5.28. The van der Waals surface area contributed by atoms with Crippen molar-refractivity contribution in [1.82, 2.24) is 4.90 Å². The van der Waals surface area contributed by atoms with Gasteiger partial charge in [0, 0.05) is 18.5 Å². The highest BCUT2D eigenvalue weighted by Crippen LogP contribution is 2.33. The Labute approximate surface area is 168 Å². The van der Waals surface area contributed by atoms with Gasteiger partial charge in [-0.1, -0.05) is 30.3 Å². The number of amides is 1. The molecule has 2 aliphatic rings. The van der Waals surface area contributed by atoms with Gasteiger partial charge in [-0.15, -0.1) is 0 Å². The molecule has 0 bridgehead atoms. The van der Waals surface area contributed by atoms with Crippen LogP contribution in [0.2, 0.25) is 0 Å². The largest absolute Gasteiger partial charge is 0.457 e. The molecule has 1 saturated heterocycles. The Bertz CT molecular complexity index is 942. The SMILES string of the molecule is C[C@@H](c1ccccc1)N1C[C@H](C(=O)OCC(=O)c2ccc3c(c2)OCO3)CC1=O. The maximum atomic E-state index is 12.4. The number of benzene rings is 2. The number of likely N-dealkylation sites (tertiary alicyclic amines) is 1. The molecule has 7 nitrogen and oxygen atoms in total. The molecule has 0 saturated carbocycles. The topological polar surface area (TPSA) is 82.1 Å². The number of carbonyl (C=O) groups is 3. The summed E-state index contributed by atoms with van der Waals surface area (Å²) in [6, 6.07) is 14.3. The molecular formula is C22H21NO6. The zero-order valence-electron chi connectivity index (χ0n) is 16.0. The van der Waals surface area contributed by atoms with Gasteiger partial charge in [0.15, 0.2) is 23.9 Å². The lowest BCUT2D eigenvalue weighted by Crippen LogP contribution is -2.30. The van der Waals surface area contributed by atoms with Gasteiger partial charge in [0.25, 0.3) is 0 Å². The van der Waals surface area contributed by atoms with Crippen LogP contribution in [0, 0.1) is 5.92 Å². The number of hydrogen-bond donors (Lipinski definition) is 0. The number of hydrogen-bond acceptors (Lipinski definition) is 6. The summed E-state index contributed by atoms with van der Waals surface area (Å²) in [5.74, 6) is -0.459. The zero-order valence-corrected chi connectivity index (χ0v) is 16.0. The van der Waals surface area contributed by atoms with E-state index in [1.165, 1.54) is 0 Å². The van der Waals surface area contributed by atoms with E-state index in [1.54, 1.807) is 23.1 Å². The summed E-state index contributed by atoms with van der Waals surface area (Å²) in [7, 11) is 0. The number of nitrogens with zero attached hydrogens (tertiary/aromatic N) is 1. The molecule has 0 aliphatic carbocycles. The molecule has 0 N–H and O–H groups in total. The summed E-state index contributed by atoms with van der Waals surface area (Å²) in [4.78, 5) is 38.8. The van der Waals surface area contributed by atoms with Crippen LogP contribution in [0.5, 0.6) is 11.5 Å². The summed E-state index contributed by atoms with van der Waals surface area (Å²) in [5.41, 5.74) is 1.39. The molecule has 1 amide bonds. The fraction of sp³-hybridized carbons (Fsp3) is 0.318. The average molecular weight is 395 g/mol. The van der Waals surface area contributed by atoms with Crippen LogP contribution in [-0.2, 0) is 14.3 Å². The normalized spacial score (nSPS) is 18.6. The molecule has 2 heterocycles. The molecule has 7 heteroatoms. The zero-order chi connectivity index (χ0) is 20.4. The molecule has 0 aromatic heterocycles. The summed E-state index contributed by atoms with van der Waals surface area (Å²) in [6.45, 7) is 1.96. The highest BCUT2D eigenvalue weighted by molar-refractivity contribution is 5.99. The first-order valence-corrected chi connectivity index (χ1v) is 9.47. The number of rotatable bonds is 6. The van der Waals surface area contributed by atoms with Crippen molar-refractivity contribution in [3.63, 3.8) is 0 Å². The lowest BCUT2D eigenvalue weighted by atomic mass is 10.1. The fourth-order valence-corrected chi connectivity index (χ4v) is 3.58. The van der Waals surface area contributed by atoms with Crippen molar-refractivity contribution >= 4 is 17.7 Å². The van der Waals surface area contributed by atoms with Gasteiger partial charge >= 0.3 is 5.97 Å². The van der Waals surface area contributed by atoms with Gasteiger partial charge in [0.2, 0.25) is 12.7 Å². The van der Waals surface area contributed by atoms with Gasteiger partial charge in [-0.25, -0.2) is 0 Å². The van der Waals surface area contributed by atoms with E-state index in [4.69, 9.17) is 14.2 Å². The minimum atomic E-state index is -0.571. The highest BCUT2D eigenvalue weighted by atomic mass is 16.7. The van der Waals surface area contributed by atoms with E-state index >= 15 is 0 Å². The van der Waals surface area contributed by atoms with Crippen molar-refractivity contribution in [3.05, 3.63) is 59.7 Å². The van der Waals surface area contributed by atoms with Crippen LogP contribution in [0.3, 0.4) is 0 Å². The van der Waals surface area contributed by atoms with Gasteiger partial charge in [-0.05, 0) is 30.7 Å². The van der Waals surface area contributed by atoms with E-state index in [0.717, 1.165) is 5.56 Å². The molecule has 0 unspecified atom stereocenters. The van der Waals surface area contributed by atoms with Crippen molar-refractivity contribution in [1.29, 1.82) is 0 Å². The number of ether oxygens (including phenoxy) is 3. The highest BCUT2D eigenvalue weighted by Gasteiger charge is 2.38. The van der Waals surface area contributed by atoms with E-state index in [-0.39, 0.29) is 44.1 Å². The molecule has 0 radical (unpaired) electrons. The van der Waals surface area contributed by atoms with Crippen LogP contribution in [0.15, 0.2) is 48.5 Å². The lowest BCUT2D eigenvalue weighted by molar-refractivity contribution is -0.147. The van der Waals surface area contributed by atoms with Crippen molar-refractivity contribution < 1.29 is 28.6 Å². The fourth-order valence-electron chi connectivity index (χ4n) is 3.58. The van der Waals surface area contributed by atoms with Crippen LogP contribution in [0.25, 0.3) is 0 Å². The van der Waals surface area contributed by atoms with E-state index in [0.29, 0.717) is 17.1 Å². The van der Waals surface area contributed by atoms with E-state index in [1.807, 2.05) is 37.3 Å². The molecule has 0 spiro atoms. The summed E-state index contributed by atoms with van der Waals surface area (Å²) in [6.07, 6.45) is 0.0915. The van der Waals surface area contributed by atoms with E-state index in [9.17, 15) is 14.4 Å². The molecule has 2 atom stereocenters. The van der Waals surface area contributed by atoms with Crippen LogP contribution in [-0.4, -0.2) is 42.5 Å². The first-order chi connectivity index (χ1) is 14.0. The molecule has 4 rings (SSSR count). The smallest absolute Gasteiger partial charge is 0.311 e. The molecule has 1 fully saturated rings. The molecule has 2 aromatic carbocycles. The standard InChI is InChI=1S/C22H21NO6/c1-14(15-5-3-2-4-6-15)23-11-17(10-21(23)25)22(26)27-12-18(24)16-7-8-19-20(9-16)29-13-28-19/h2-9,14,17H,10-13H2,1H3/t14-,17+/m0/s1. The average Bonchev–Trinajstić information content (AvgIpc) is 3.37. The molecular weight excluding hydrogens is 374 g/mol. The minimum Gasteiger partial charge on any atom is -0.457 e. The third kappa shape index (κ3) is 3.94. The van der Waals surface area contributed by atoms with E-state index in [2.05, 4.69) is 0 Å². The first-order valence-electron chi connectivity index (χ1n) is 9.47. The Balaban J connectivity index is 1.33. The van der Waals surface area contributed by atoms with Crippen LogP contribution >= 0.6 is 0 Å². The minimum absolute atomic E-state index is 0.0915. The van der Waals surface area contributed by atoms with Crippen molar-refractivity contribution in [2.45, 2.75) is 19.4 Å². The molecule has 150 valence electrons. The molecule has 29 heavy (non-hydrogen) atoms. The second-order valence-electron chi connectivity index (χ2n) is 7.13. The monoisotopic (exact) mass is 395 g/mol. The van der Waals surface area contributed by atoms with Gasteiger partial charge in [-0.3, -0.25) is 14.4 Å². The van der Waals surface area contributed by atoms with Crippen LogP contribution in [0.1, 0.15) is 35.3 Å². The molecule has 2 aliphatic heterocycles. The predicted octanol–water partition coefficient (Wildman–Crippen LogP) is 2.75. The van der Waals surface area contributed by atoms with Crippen molar-refractivity contribution in [3.8, 4) is 11.5 Å². The maximum absolute atomic E-state index is 12.4. The summed E-state index contributed by atoms with van der Waals surface area (Å²) in [5, 5.41) is 0. The van der Waals surface area contributed by atoms with Gasteiger partial charge < -0.3 is 19.1 Å². The maximum Gasteiger partial charge on any atom is 0.311 e. The van der Waals surface area contributed by atoms with Crippen LogP contribution in [0.4, 0.5) is 0 Å². The molecule has 2 aromatic rings. The predicted molar refractivity (Wildman–Crippen MR) is 103 cm³/mol. The second-order valence-corrected chi connectivity index (χ2v) is 7.13. The van der Waals surface area contributed by atoms with E-state index < -0.39 is 11.9 Å². The first kappa shape index (κ1) is 19.0. The number of ketones is 1. The number of fused-ring (bicyclic) bond motifs is 1. The Morgan fingerprint density at radius 3 is 2.69 bits per heavy atom.